The number of alkyl halides is 3. The highest BCUT2D eigenvalue weighted by Gasteiger charge is 2.31. The zero-order valence-electron chi connectivity index (χ0n) is 7.56. The molecule has 15 heavy (non-hydrogen) atoms. The van der Waals surface area contributed by atoms with Crippen LogP contribution in [0.15, 0.2) is 18.2 Å². The van der Waals surface area contributed by atoms with E-state index in [0.717, 1.165) is 12.1 Å². The largest absolute Gasteiger partial charge is 0.573 e. The molecule has 1 aromatic rings. The highest BCUT2D eigenvalue weighted by molar-refractivity contribution is 5.85. The maximum Gasteiger partial charge on any atom is 0.573 e. The Labute approximate surface area is 89.6 Å². The van der Waals surface area contributed by atoms with E-state index in [-0.39, 0.29) is 18.1 Å². The van der Waals surface area contributed by atoms with E-state index in [9.17, 15) is 17.6 Å². The van der Waals surface area contributed by atoms with Gasteiger partial charge in [0, 0.05) is 13.1 Å². The molecule has 1 aromatic carbocycles. The molecule has 0 aliphatic carbocycles. The normalized spacial score (nSPS) is 10.5. The predicted octanol–water partition coefficient (Wildman–Crippen LogP) is 3.19. The number of benzene rings is 1. The zero-order valence-corrected chi connectivity index (χ0v) is 8.38. The second-order valence-corrected chi connectivity index (χ2v) is 2.44. The van der Waals surface area contributed by atoms with Gasteiger partial charge in [-0.05, 0) is 12.1 Å². The number of nitrogens with one attached hydrogen (secondary N) is 1. The van der Waals surface area contributed by atoms with Crippen LogP contribution in [0.25, 0.3) is 0 Å². The van der Waals surface area contributed by atoms with Crippen LogP contribution in [0.3, 0.4) is 0 Å². The van der Waals surface area contributed by atoms with Gasteiger partial charge >= 0.3 is 6.36 Å². The Hall–Kier alpha value is -1.17. The first-order valence-electron chi connectivity index (χ1n) is 3.65. The van der Waals surface area contributed by atoms with Crippen molar-refractivity contribution in [2.24, 2.45) is 0 Å². The van der Waals surface area contributed by atoms with Crippen LogP contribution in [0.1, 0.15) is 0 Å². The summed E-state index contributed by atoms with van der Waals surface area (Å²) in [6.07, 6.45) is -4.80. The fourth-order valence-corrected chi connectivity index (χ4v) is 0.896. The Kier molecular flexibility index (Phi) is 4.67. The highest BCUT2D eigenvalue weighted by atomic mass is 35.5. The minimum absolute atomic E-state index is 0. The van der Waals surface area contributed by atoms with Crippen LogP contribution in [0.5, 0.6) is 5.75 Å². The highest BCUT2D eigenvalue weighted by Crippen LogP contribution is 2.25. The molecular weight excluding hydrogens is 238 g/mol. The number of ether oxygens (including phenoxy) is 1. The first-order valence-corrected chi connectivity index (χ1v) is 3.65. The van der Waals surface area contributed by atoms with Crippen LogP contribution >= 0.6 is 12.4 Å². The third kappa shape index (κ3) is 4.24. The fraction of sp³-hybridized carbons (Fsp3) is 0.250. The van der Waals surface area contributed by atoms with Gasteiger partial charge in [0.25, 0.3) is 0 Å². The van der Waals surface area contributed by atoms with E-state index in [0.29, 0.717) is 6.07 Å². The van der Waals surface area contributed by atoms with Crippen molar-refractivity contribution >= 4 is 18.1 Å². The molecule has 0 aromatic heterocycles. The zero-order chi connectivity index (χ0) is 10.8. The van der Waals surface area contributed by atoms with Crippen molar-refractivity contribution in [2.75, 3.05) is 12.4 Å². The first kappa shape index (κ1) is 13.8. The van der Waals surface area contributed by atoms with Gasteiger partial charge in [0.2, 0.25) is 0 Å². The third-order valence-electron chi connectivity index (χ3n) is 1.44. The Bertz CT molecular complexity index is 329. The summed E-state index contributed by atoms with van der Waals surface area (Å²) in [6, 6.07) is 2.86. The van der Waals surface area contributed by atoms with Crippen LogP contribution in [0.2, 0.25) is 0 Å². The van der Waals surface area contributed by atoms with Gasteiger partial charge in [-0.25, -0.2) is 4.39 Å². The Morgan fingerprint density at radius 2 is 1.87 bits per heavy atom. The molecule has 0 bridgehead atoms. The molecule has 86 valence electrons. The molecule has 1 N–H and O–H groups in total. The topological polar surface area (TPSA) is 21.3 Å². The monoisotopic (exact) mass is 245 g/mol. The number of rotatable bonds is 2. The molecule has 0 amide bonds. The molecule has 0 saturated carbocycles. The smallest absolute Gasteiger partial charge is 0.406 e. The molecular formula is C8H8ClF4NO. The summed E-state index contributed by atoms with van der Waals surface area (Å²) in [5.41, 5.74) is 0.111. The van der Waals surface area contributed by atoms with Crippen LogP contribution < -0.4 is 10.1 Å². The lowest BCUT2D eigenvalue weighted by atomic mass is 10.3. The van der Waals surface area contributed by atoms with Gasteiger partial charge in [0.05, 0.1) is 5.69 Å². The Morgan fingerprint density at radius 3 is 2.27 bits per heavy atom. The van der Waals surface area contributed by atoms with Gasteiger partial charge < -0.3 is 10.1 Å². The molecule has 0 radical (unpaired) electrons. The fourth-order valence-electron chi connectivity index (χ4n) is 0.896. The second-order valence-electron chi connectivity index (χ2n) is 2.44. The SMILES string of the molecule is CNc1ccc(OC(F)(F)F)cc1F.Cl. The van der Waals surface area contributed by atoms with E-state index in [1.165, 1.54) is 7.05 Å². The molecule has 7 heteroatoms. The minimum Gasteiger partial charge on any atom is -0.406 e. The molecule has 0 saturated heterocycles. The molecule has 0 unspecified atom stereocenters. The van der Waals surface area contributed by atoms with Gasteiger partial charge in [-0.2, -0.15) is 0 Å². The maximum absolute atomic E-state index is 12.9. The van der Waals surface area contributed by atoms with E-state index in [1.54, 1.807) is 0 Å². The molecule has 0 aliphatic heterocycles. The van der Waals surface area contributed by atoms with E-state index < -0.39 is 17.9 Å². The summed E-state index contributed by atoms with van der Waals surface area (Å²) >= 11 is 0. The summed E-state index contributed by atoms with van der Waals surface area (Å²) in [7, 11) is 1.46. The lowest BCUT2D eigenvalue weighted by Gasteiger charge is -2.09. The van der Waals surface area contributed by atoms with Crippen LogP contribution in [0.4, 0.5) is 23.2 Å². The van der Waals surface area contributed by atoms with Gasteiger partial charge in [-0.15, -0.1) is 25.6 Å². The summed E-state index contributed by atoms with van der Waals surface area (Å²) < 4.78 is 51.5. The van der Waals surface area contributed by atoms with Crippen molar-refractivity contribution in [3.63, 3.8) is 0 Å². The van der Waals surface area contributed by atoms with E-state index in [4.69, 9.17) is 0 Å². The number of hydrogen-bond donors (Lipinski definition) is 1. The Balaban J connectivity index is 0.00000196. The van der Waals surface area contributed by atoms with E-state index in [1.807, 2.05) is 0 Å². The maximum atomic E-state index is 12.9. The molecule has 0 fully saturated rings. The quantitative estimate of drug-likeness (QED) is 0.808. The van der Waals surface area contributed by atoms with Gasteiger partial charge in [0.15, 0.2) is 0 Å². The number of hydrogen-bond acceptors (Lipinski definition) is 2. The van der Waals surface area contributed by atoms with Crippen molar-refractivity contribution in [1.82, 2.24) is 0 Å². The lowest BCUT2D eigenvalue weighted by Crippen LogP contribution is -2.17. The molecule has 0 atom stereocenters. The molecule has 0 aliphatic rings. The van der Waals surface area contributed by atoms with Crippen LogP contribution in [-0.4, -0.2) is 13.4 Å². The standard InChI is InChI=1S/C8H7F4NO.ClH/c1-13-7-3-2-5(4-6(7)9)14-8(10,11)12;/h2-4,13H,1H3;1H. The van der Waals surface area contributed by atoms with E-state index >= 15 is 0 Å². The van der Waals surface area contributed by atoms with Crippen molar-refractivity contribution in [3.8, 4) is 5.75 Å². The van der Waals surface area contributed by atoms with Crippen LogP contribution in [-0.2, 0) is 0 Å². The van der Waals surface area contributed by atoms with Crippen molar-refractivity contribution in [2.45, 2.75) is 6.36 Å². The predicted molar refractivity (Wildman–Crippen MR) is 49.9 cm³/mol. The van der Waals surface area contributed by atoms with Gasteiger partial charge in [-0.3, -0.25) is 0 Å². The molecule has 2 nitrogen and oxygen atoms in total. The van der Waals surface area contributed by atoms with Gasteiger partial charge in [-0.1, -0.05) is 0 Å². The van der Waals surface area contributed by atoms with Crippen molar-refractivity contribution in [3.05, 3.63) is 24.0 Å². The first-order chi connectivity index (χ1) is 6.42. The summed E-state index contributed by atoms with van der Waals surface area (Å²) in [5.74, 6) is -1.37. The minimum atomic E-state index is -4.80. The average molecular weight is 246 g/mol. The average Bonchev–Trinajstić information content (AvgIpc) is 2.01. The van der Waals surface area contributed by atoms with Crippen molar-refractivity contribution < 1.29 is 22.3 Å². The third-order valence-corrected chi connectivity index (χ3v) is 1.44. The van der Waals surface area contributed by atoms with Crippen molar-refractivity contribution in [1.29, 1.82) is 0 Å². The van der Waals surface area contributed by atoms with Crippen LogP contribution in [0, 0.1) is 5.82 Å². The number of halogens is 5. The summed E-state index contributed by atoms with van der Waals surface area (Å²) in [4.78, 5) is 0. The Morgan fingerprint density at radius 1 is 1.27 bits per heavy atom. The lowest BCUT2D eigenvalue weighted by molar-refractivity contribution is -0.274. The van der Waals surface area contributed by atoms with E-state index in [2.05, 4.69) is 10.1 Å². The summed E-state index contributed by atoms with van der Waals surface area (Å²) in [6.45, 7) is 0. The molecule has 0 spiro atoms. The molecule has 0 heterocycles. The summed E-state index contributed by atoms with van der Waals surface area (Å²) in [5, 5.41) is 2.47. The van der Waals surface area contributed by atoms with Gasteiger partial charge in [0.1, 0.15) is 11.6 Å². The number of anilines is 1. The second kappa shape index (κ2) is 5.06. The molecule has 1 rings (SSSR count).